The van der Waals surface area contributed by atoms with Crippen LogP contribution in [0.1, 0.15) is 39.0 Å². The van der Waals surface area contributed by atoms with Crippen LogP contribution in [-0.2, 0) is 4.79 Å². The number of imidazole rings is 1. The number of carbonyl (C=O) groups excluding carboxylic acids is 1. The molecule has 1 unspecified atom stereocenters. The number of nitrogens with zero attached hydrogens (tertiary/aromatic N) is 1. The van der Waals surface area contributed by atoms with Gasteiger partial charge in [-0.25, -0.2) is 4.98 Å². The number of aromatic amines is 1. The number of aromatic nitrogens is 2. The Morgan fingerprint density at radius 3 is 2.91 bits per heavy atom. The Morgan fingerprint density at radius 1 is 1.36 bits per heavy atom. The molecule has 1 amide bonds. The molecule has 4 nitrogen and oxygen atoms in total. The zero-order chi connectivity index (χ0) is 15.4. The Kier molecular flexibility index (Phi) is 5.03. The van der Waals surface area contributed by atoms with E-state index in [1.807, 2.05) is 31.2 Å². The number of H-pyrrole nitrogens is 1. The fourth-order valence-corrected chi connectivity index (χ4v) is 3.83. The predicted octanol–water partition coefficient (Wildman–Crippen LogP) is 3.74. The summed E-state index contributed by atoms with van der Waals surface area (Å²) in [5.41, 5.74) is 1.96. The number of rotatable bonds is 5. The predicted molar refractivity (Wildman–Crippen MR) is 91.0 cm³/mol. The van der Waals surface area contributed by atoms with E-state index in [1.165, 1.54) is 43.9 Å². The van der Waals surface area contributed by atoms with Crippen molar-refractivity contribution in [1.82, 2.24) is 15.3 Å². The highest BCUT2D eigenvalue weighted by Gasteiger charge is 2.19. The third-order valence-corrected chi connectivity index (χ3v) is 5.30. The van der Waals surface area contributed by atoms with Gasteiger partial charge in [-0.15, -0.1) is 0 Å². The quantitative estimate of drug-likeness (QED) is 0.826. The summed E-state index contributed by atoms with van der Waals surface area (Å²) in [5, 5.41) is 3.78. The summed E-state index contributed by atoms with van der Waals surface area (Å²) in [6.45, 7) is 2.76. The molecule has 2 N–H and O–H groups in total. The van der Waals surface area contributed by atoms with Crippen LogP contribution in [0.3, 0.4) is 0 Å². The van der Waals surface area contributed by atoms with Gasteiger partial charge in [0.25, 0.3) is 0 Å². The lowest BCUT2D eigenvalue weighted by Crippen LogP contribution is -2.35. The van der Waals surface area contributed by atoms with Gasteiger partial charge in [0.05, 0.1) is 16.3 Å². The summed E-state index contributed by atoms with van der Waals surface area (Å²) >= 11 is 1.49. The Labute approximate surface area is 135 Å². The third kappa shape index (κ3) is 3.83. The molecular formula is C17H23N3OS. The Bertz CT molecular complexity index is 601. The molecule has 3 rings (SSSR count). The monoisotopic (exact) mass is 317 g/mol. The molecule has 2 aromatic rings. The van der Waals surface area contributed by atoms with Gasteiger partial charge in [0.2, 0.25) is 5.91 Å². The van der Waals surface area contributed by atoms with Gasteiger partial charge in [0, 0.05) is 6.54 Å². The van der Waals surface area contributed by atoms with Gasteiger partial charge >= 0.3 is 0 Å². The molecule has 0 radical (unpaired) electrons. The SMILES string of the molecule is CC(Sc1nc2ccccc2[nH]1)C(=O)NCC1CCCCC1. The van der Waals surface area contributed by atoms with E-state index in [0.29, 0.717) is 5.92 Å². The first kappa shape index (κ1) is 15.4. The highest BCUT2D eigenvalue weighted by Crippen LogP contribution is 2.25. The van der Waals surface area contributed by atoms with Crippen LogP contribution < -0.4 is 5.32 Å². The van der Waals surface area contributed by atoms with Crippen LogP contribution in [0.5, 0.6) is 0 Å². The first-order valence-electron chi connectivity index (χ1n) is 8.11. The lowest BCUT2D eigenvalue weighted by atomic mass is 9.89. The lowest BCUT2D eigenvalue weighted by molar-refractivity contribution is -0.120. The van der Waals surface area contributed by atoms with E-state index in [2.05, 4.69) is 15.3 Å². The average molecular weight is 317 g/mol. The minimum atomic E-state index is -0.135. The van der Waals surface area contributed by atoms with Crippen LogP contribution in [0, 0.1) is 5.92 Å². The Hall–Kier alpha value is -1.49. The van der Waals surface area contributed by atoms with Crippen LogP contribution in [-0.4, -0.2) is 27.7 Å². The van der Waals surface area contributed by atoms with Crippen LogP contribution in [0.4, 0.5) is 0 Å². The summed E-state index contributed by atoms with van der Waals surface area (Å²) in [6.07, 6.45) is 6.48. The molecule has 0 saturated heterocycles. The number of fused-ring (bicyclic) bond motifs is 1. The number of benzene rings is 1. The van der Waals surface area contributed by atoms with Gasteiger partial charge in [-0.05, 0) is 37.8 Å². The van der Waals surface area contributed by atoms with Crippen molar-refractivity contribution in [3.8, 4) is 0 Å². The number of para-hydroxylation sites is 2. The standard InChI is InChI=1S/C17H23N3OS/c1-12(16(21)18-11-13-7-3-2-4-8-13)22-17-19-14-9-5-6-10-15(14)20-17/h5-6,9-10,12-13H,2-4,7-8,11H2,1H3,(H,18,21)(H,19,20). The van der Waals surface area contributed by atoms with E-state index in [1.54, 1.807) is 0 Å². The van der Waals surface area contributed by atoms with E-state index in [0.717, 1.165) is 22.7 Å². The maximum atomic E-state index is 12.2. The van der Waals surface area contributed by atoms with Gasteiger partial charge < -0.3 is 10.3 Å². The normalized spacial score (nSPS) is 17.5. The number of carbonyl (C=O) groups is 1. The fourth-order valence-electron chi connectivity index (χ4n) is 2.99. The van der Waals surface area contributed by atoms with Crippen molar-refractivity contribution >= 4 is 28.7 Å². The maximum absolute atomic E-state index is 12.2. The van der Waals surface area contributed by atoms with Crippen molar-refractivity contribution in [1.29, 1.82) is 0 Å². The van der Waals surface area contributed by atoms with E-state index in [4.69, 9.17) is 0 Å². The third-order valence-electron chi connectivity index (χ3n) is 4.31. The molecule has 0 spiro atoms. The molecule has 0 aliphatic heterocycles. The second-order valence-electron chi connectivity index (χ2n) is 6.07. The minimum Gasteiger partial charge on any atom is -0.355 e. The van der Waals surface area contributed by atoms with Crippen molar-refractivity contribution in [3.05, 3.63) is 24.3 Å². The zero-order valence-electron chi connectivity index (χ0n) is 13.0. The highest BCUT2D eigenvalue weighted by atomic mass is 32.2. The molecule has 1 heterocycles. The fraction of sp³-hybridized carbons (Fsp3) is 0.529. The lowest BCUT2D eigenvalue weighted by Gasteiger charge is -2.22. The maximum Gasteiger partial charge on any atom is 0.233 e. The van der Waals surface area contributed by atoms with Crippen LogP contribution in [0.25, 0.3) is 11.0 Å². The van der Waals surface area contributed by atoms with Crippen molar-refractivity contribution in [2.24, 2.45) is 5.92 Å². The molecule has 0 bridgehead atoms. The van der Waals surface area contributed by atoms with Gasteiger partial charge in [-0.3, -0.25) is 4.79 Å². The number of hydrogen-bond acceptors (Lipinski definition) is 3. The van der Waals surface area contributed by atoms with Crippen LogP contribution in [0.2, 0.25) is 0 Å². The number of nitrogens with one attached hydrogen (secondary N) is 2. The van der Waals surface area contributed by atoms with Gasteiger partial charge in [0.15, 0.2) is 5.16 Å². The molecule has 1 aromatic heterocycles. The molecule has 1 aliphatic carbocycles. The summed E-state index contributed by atoms with van der Waals surface area (Å²) in [6, 6.07) is 7.93. The van der Waals surface area contributed by atoms with E-state index in [9.17, 15) is 4.79 Å². The van der Waals surface area contributed by atoms with Crippen LogP contribution in [0.15, 0.2) is 29.4 Å². The summed E-state index contributed by atoms with van der Waals surface area (Å²) in [5.74, 6) is 0.775. The van der Waals surface area contributed by atoms with Crippen molar-refractivity contribution in [2.75, 3.05) is 6.54 Å². The van der Waals surface area contributed by atoms with Crippen molar-refractivity contribution in [3.63, 3.8) is 0 Å². The van der Waals surface area contributed by atoms with E-state index < -0.39 is 0 Å². The molecule has 1 atom stereocenters. The summed E-state index contributed by atoms with van der Waals surface area (Å²) in [4.78, 5) is 20.0. The Morgan fingerprint density at radius 2 is 2.14 bits per heavy atom. The molecule has 118 valence electrons. The highest BCUT2D eigenvalue weighted by molar-refractivity contribution is 8.00. The smallest absolute Gasteiger partial charge is 0.233 e. The van der Waals surface area contributed by atoms with Crippen LogP contribution >= 0.6 is 11.8 Å². The number of thioether (sulfide) groups is 1. The summed E-state index contributed by atoms with van der Waals surface area (Å²) in [7, 11) is 0. The van der Waals surface area contributed by atoms with Gasteiger partial charge in [-0.1, -0.05) is 43.2 Å². The molecule has 1 fully saturated rings. The largest absolute Gasteiger partial charge is 0.355 e. The topological polar surface area (TPSA) is 57.8 Å². The minimum absolute atomic E-state index is 0.107. The number of hydrogen-bond donors (Lipinski definition) is 2. The average Bonchev–Trinajstić information content (AvgIpc) is 2.95. The second kappa shape index (κ2) is 7.18. The van der Waals surface area contributed by atoms with Gasteiger partial charge in [0.1, 0.15) is 0 Å². The molecular weight excluding hydrogens is 294 g/mol. The summed E-state index contributed by atoms with van der Waals surface area (Å²) < 4.78 is 0. The van der Waals surface area contributed by atoms with Crippen molar-refractivity contribution in [2.45, 2.75) is 49.4 Å². The number of amides is 1. The molecule has 1 aromatic carbocycles. The first-order chi connectivity index (χ1) is 10.7. The van der Waals surface area contributed by atoms with E-state index in [-0.39, 0.29) is 11.2 Å². The zero-order valence-corrected chi connectivity index (χ0v) is 13.8. The van der Waals surface area contributed by atoms with E-state index >= 15 is 0 Å². The Balaban J connectivity index is 1.51. The molecule has 1 saturated carbocycles. The molecule has 22 heavy (non-hydrogen) atoms. The van der Waals surface area contributed by atoms with Crippen molar-refractivity contribution < 1.29 is 4.79 Å². The van der Waals surface area contributed by atoms with Gasteiger partial charge in [-0.2, -0.15) is 0 Å². The molecule has 1 aliphatic rings. The molecule has 5 heteroatoms. The first-order valence-corrected chi connectivity index (χ1v) is 8.99. The second-order valence-corrected chi connectivity index (χ2v) is 7.40.